The fourth-order valence-corrected chi connectivity index (χ4v) is 2.19. The summed E-state index contributed by atoms with van der Waals surface area (Å²) < 4.78 is 11.3. The summed E-state index contributed by atoms with van der Waals surface area (Å²) >= 11 is 0. The van der Waals surface area contributed by atoms with Gasteiger partial charge in [-0.1, -0.05) is 13.8 Å². The highest BCUT2D eigenvalue weighted by Crippen LogP contribution is 2.35. The van der Waals surface area contributed by atoms with E-state index in [0.717, 1.165) is 17.1 Å². The molecule has 4 nitrogen and oxygen atoms in total. The molecule has 0 bridgehead atoms. The lowest BCUT2D eigenvalue weighted by Gasteiger charge is -2.25. The maximum Gasteiger partial charge on any atom is 0.127 e. The first kappa shape index (κ1) is 14.2. The van der Waals surface area contributed by atoms with Gasteiger partial charge in [-0.2, -0.15) is 0 Å². The number of hydrogen-bond donors (Lipinski definition) is 2. The minimum absolute atomic E-state index is 0.257. The van der Waals surface area contributed by atoms with Crippen LogP contribution >= 0.6 is 0 Å². The van der Waals surface area contributed by atoms with E-state index < -0.39 is 5.60 Å². The summed E-state index contributed by atoms with van der Waals surface area (Å²) in [4.78, 5) is 0. The smallest absolute Gasteiger partial charge is 0.127 e. The number of benzene rings is 1. The van der Waals surface area contributed by atoms with Crippen LogP contribution in [0, 0.1) is 0 Å². The van der Waals surface area contributed by atoms with Crippen LogP contribution in [0.2, 0.25) is 0 Å². The van der Waals surface area contributed by atoms with Crippen molar-refractivity contribution in [2.24, 2.45) is 0 Å². The van der Waals surface area contributed by atoms with Gasteiger partial charge >= 0.3 is 0 Å². The maximum absolute atomic E-state index is 10.2. The molecule has 0 saturated heterocycles. The lowest BCUT2D eigenvalue weighted by Crippen LogP contribution is -2.34. The van der Waals surface area contributed by atoms with E-state index in [1.165, 1.54) is 0 Å². The molecule has 0 amide bonds. The van der Waals surface area contributed by atoms with Crippen LogP contribution in [0.5, 0.6) is 11.5 Å². The second kappa shape index (κ2) is 5.80. The van der Waals surface area contributed by atoms with Gasteiger partial charge in [-0.05, 0) is 32.0 Å². The number of nitrogens with one attached hydrogen (secondary N) is 1. The fraction of sp³-hybridized carbons (Fsp3) is 0.600. The van der Waals surface area contributed by atoms with Gasteiger partial charge in [0.05, 0.1) is 11.6 Å². The third-order valence-corrected chi connectivity index (χ3v) is 3.94. The van der Waals surface area contributed by atoms with Crippen LogP contribution in [0.4, 0.5) is 0 Å². The molecule has 1 aromatic rings. The van der Waals surface area contributed by atoms with Crippen molar-refractivity contribution in [3.8, 4) is 11.5 Å². The molecule has 1 heterocycles. The molecule has 1 aliphatic heterocycles. The molecule has 0 spiro atoms. The van der Waals surface area contributed by atoms with E-state index in [1.54, 1.807) is 0 Å². The van der Waals surface area contributed by atoms with E-state index in [9.17, 15) is 5.11 Å². The van der Waals surface area contributed by atoms with E-state index in [2.05, 4.69) is 5.32 Å². The van der Waals surface area contributed by atoms with Crippen LogP contribution in [0.1, 0.15) is 38.3 Å². The molecule has 1 unspecified atom stereocenters. The summed E-state index contributed by atoms with van der Waals surface area (Å²) in [6.45, 7) is 4.91. The van der Waals surface area contributed by atoms with Gasteiger partial charge in [0.15, 0.2) is 0 Å². The Morgan fingerprint density at radius 1 is 1.42 bits per heavy atom. The number of rotatable bonds is 6. The van der Waals surface area contributed by atoms with Crippen LogP contribution in [0.3, 0.4) is 0 Å². The standard InChI is InChI=1S/C15H23NO3/c1-4-15(17,5-2)10-19-11-6-7-12-13(16-3)9-18-14(12)8-11/h6-8,13,16-17H,4-5,9-10H2,1-3H3. The maximum atomic E-state index is 10.2. The van der Waals surface area contributed by atoms with Crippen molar-refractivity contribution in [2.45, 2.75) is 38.3 Å². The number of hydrogen-bond acceptors (Lipinski definition) is 4. The van der Waals surface area contributed by atoms with Gasteiger partial charge in [0, 0.05) is 11.6 Å². The van der Waals surface area contributed by atoms with E-state index >= 15 is 0 Å². The second-order valence-electron chi connectivity index (χ2n) is 5.07. The zero-order chi connectivity index (χ0) is 13.9. The van der Waals surface area contributed by atoms with Gasteiger partial charge in [0.2, 0.25) is 0 Å². The highest BCUT2D eigenvalue weighted by atomic mass is 16.5. The summed E-state index contributed by atoms with van der Waals surface area (Å²) in [6.07, 6.45) is 1.37. The van der Waals surface area contributed by atoms with Crippen molar-refractivity contribution in [1.82, 2.24) is 5.32 Å². The Bertz CT molecular complexity index is 429. The molecule has 1 atom stereocenters. The number of ether oxygens (including phenoxy) is 2. The van der Waals surface area contributed by atoms with Gasteiger partial charge < -0.3 is 19.9 Å². The van der Waals surface area contributed by atoms with Gasteiger partial charge in [-0.15, -0.1) is 0 Å². The number of likely N-dealkylation sites (N-methyl/N-ethyl adjacent to an activating group) is 1. The van der Waals surface area contributed by atoms with Crippen molar-refractivity contribution < 1.29 is 14.6 Å². The summed E-state index contributed by atoms with van der Waals surface area (Å²) in [6, 6.07) is 6.12. The summed E-state index contributed by atoms with van der Waals surface area (Å²) in [7, 11) is 1.93. The molecule has 4 heteroatoms. The predicted octanol–water partition coefficient (Wildman–Crippen LogP) is 2.27. The molecule has 1 aliphatic rings. The molecule has 0 aliphatic carbocycles. The summed E-state index contributed by atoms with van der Waals surface area (Å²) in [5, 5.41) is 13.4. The molecule has 106 valence electrons. The van der Waals surface area contributed by atoms with Gasteiger partial charge in [0.1, 0.15) is 24.7 Å². The van der Waals surface area contributed by atoms with E-state index in [0.29, 0.717) is 26.1 Å². The number of fused-ring (bicyclic) bond motifs is 1. The average Bonchev–Trinajstić information content (AvgIpc) is 2.87. The topological polar surface area (TPSA) is 50.7 Å². The van der Waals surface area contributed by atoms with Crippen molar-refractivity contribution in [3.05, 3.63) is 23.8 Å². The Hall–Kier alpha value is -1.26. The molecule has 0 aromatic heterocycles. The highest BCUT2D eigenvalue weighted by Gasteiger charge is 2.25. The van der Waals surface area contributed by atoms with Crippen LogP contribution in [-0.4, -0.2) is 31.0 Å². The van der Waals surface area contributed by atoms with Crippen molar-refractivity contribution >= 4 is 0 Å². The molecule has 0 radical (unpaired) electrons. The molecule has 19 heavy (non-hydrogen) atoms. The first-order chi connectivity index (χ1) is 9.11. The first-order valence-electron chi connectivity index (χ1n) is 6.91. The zero-order valence-electron chi connectivity index (χ0n) is 11.9. The predicted molar refractivity (Wildman–Crippen MR) is 74.8 cm³/mol. The molecular weight excluding hydrogens is 242 g/mol. The van der Waals surface area contributed by atoms with E-state index in [-0.39, 0.29) is 6.04 Å². The van der Waals surface area contributed by atoms with Crippen molar-refractivity contribution in [2.75, 3.05) is 20.3 Å². The Balaban J connectivity index is 2.04. The first-order valence-corrected chi connectivity index (χ1v) is 6.91. The minimum Gasteiger partial charge on any atom is -0.491 e. The number of aliphatic hydroxyl groups is 1. The Labute approximate surface area is 114 Å². The van der Waals surface area contributed by atoms with E-state index in [1.807, 2.05) is 39.1 Å². The Morgan fingerprint density at radius 3 is 2.79 bits per heavy atom. The highest BCUT2D eigenvalue weighted by molar-refractivity contribution is 5.45. The van der Waals surface area contributed by atoms with Crippen molar-refractivity contribution in [1.29, 1.82) is 0 Å². The normalized spacial score (nSPS) is 18.0. The fourth-order valence-electron chi connectivity index (χ4n) is 2.19. The lowest BCUT2D eigenvalue weighted by molar-refractivity contribution is -0.0114. The van der Waals surface area contributed by atoms with Crippen molar-refractivity contribution in [3.63, 3.8) is 0 Å². The third-order valence-electron chi connectivity index (χ3n) is 3.94. The molecule has 2 N–H and O–H groups in total. The minimum atomic E-state index is -0.743. The van der Waals surface area contributed by atoms with Crippen LogP contribution in [0.25, 0.3) is 0 Å². The third kappa shape index (κ3) is 3.01. The van der Waals surface area contributed by atoms with Gasteiger partial charge in [-0.25, -0.2) is 0 Å². The summed E-state index contributed by atoms with van der Waals surface area (Å²) in [5.74, 6) is 1.62. The largest absolute Gasteiger partial charge is 0.491 e. The Kier molecular flexibility index (Phi) is 4.32. The van der Waals surface area contributed by atoms with Crippen LogP contribution < -0.4 is 14.8 Å². The molecule has 1 aromatic carbocycles. The SMILES string of the molecule is CCC(O)(CC)COc1ccc2c(c1)OCC2NC. The molecule has 2 rings (SSSR count). The zero-order valence-corrected chi connectivity index (χ0v) is 11.9. The summed E-state index contributed by atoms with van der Waals surface area (Å²) in [5.41, 5.74) is 0.420. The Morgan fingerprint density at radius 2 is 2.16 bits per heavy atom. The van der Waals surface area contributed by atoms with Crippen LogP contribution in [0.15, 0.2) is 18.2 Å². The lowest BCUT2D eigenvalue weighted by atomic mass is 9.99. The van der Waals surface area contributed by atoms with Crippen LogP contribution in [-0.2, 0) is 0 Å². The molecule has 0 fully saturated rings. The average molecular weight is 265 g/mol. The molecular formula is C15H23NO3. The molecule has 0 saturated carbocycles. The quantitative estimate of drug-likeness (QED) is 0.828. The van der Waals surface area contributed by atoms with Gasteiger partial charge in [-0.3, -0.25) is 0 Å². The van der Waals surface area contributed by atoms with E-state index in [4.69, 9.17) is 9.47 Å². The monoisotopic (exact) mass is 265 g/mol. The van der Waals surface area contributed by atoms with Gasteiger partial charge in [0.25, 0.3) is 0 Å². The second-order valence-corrected chi connectivity index (χ2v) is 5.07.